The molecule has 2 aromatic rings. The molecule has 0 aliphatic heterocycles. The molecule has 0 amide bonds. The highest BCUT2D eigenvalue weighted by Gasteiger charge is 2.04. The summed E-state index contributed by atoms with van der Waals surface area (Å²) in [7, 11) is 0. The lowest BCUT2D eigenvalue weighted by atomic mass is 10.4. The number of halogens is 1. The highest BCUT2D eigenvalue weighted by molar-refractivity contribution is 7.11. The minimum atomic E-state index is -0.387. The minimum Gasteiger partial charge on any atom is -0.382 e. The number of aryl methyl sites for hydroxylation is 1. The number of hydrogen-bond donors (Lipinski definition) is 2. The Bertz CT molecular complexity index is 565. The summed E-state index contributed by atoms with van der Waals surface area (Å²) in [5, 5.41) is 10.2. The average Bonchev–Trinajstić information content (AvgIpc) is 2.70. The fourth-order valence-corrected chi connectivity index (χ4v) is 2.27. The summed E-state index contributed by atoms with van der Waals surface area (Å²) >= 11 is 7.48. The molecule has 0 unspecified atom stereocenters. The molecule has 2 aromatic heterocycles. The van der Waals surface area contributed by atoms with E-state index in [4.69, 9.17) is 11.6 Å². The molecule has 2 heterocycles. The van der Waals surface area contributed by atoms with Gasteiger partial charge in [-0.15, -0.1) is 11.3 Å². The van der Waals surface area contributed by atoms with E-state index in [1.54, 1.807) is 11.3 Å². The lowest BCUT2D eigenvalue weighted by Gasteiger charge is -2.05. The molecule has 0 bridgehead atoms. The second-order valence-corrected chi connectivity index (χ2v) is 5.17. The van der Waals surface area contributed by atoms with Gasteiger partial charge in [-0.25, -0.2) is 10.1 Å². The predicted molar refractivity (Wildman–Crippen MR) is 68.9 cm³/mol. The minimum absolute atomic E-state index is 0.135. The molecule has 0 aliphatic carbocycles. The maximum atomic E-state index is 11.2. The fraction of sp³-hybridized carbons (Fsp3) is 0.300. The van der Waals surface area contributed by atoms with E-state index in [1.807, 2.05) is 13.1 Å². The van der Waals surface area contributed by atoms with Crippen LogP contribution < -0.4 is 10.9 Å². The van der Waals surface area contributed by atoms with Gasteiger partial charge in [-0.3, -0.25) is 4.79 Å². The van der Waals surface area contributed by atoms with Gasteiger partial charge >= 0.3 is 0 Å². The standard InChI is InChI=1S/C10H11ClN4OS/c1-6-4-13-8(17-6)2-3-12-7-5-14-15-10(16)9(7)11/h4-5H,2-3H2,1H3,(H2,12,15,16). The van der Waals surface area contributed by atoms with Crippen molar-refractivity contribution in [3.63, 3.8) is 0 Å². The van der Waals surface area contributed by atoms with Crippen LogP contribution in [0.5, 0.6) is 0 Å². The van der Waals surface area contributed by atoms with Gasteiger partial charge in [0, 0.05) is 24.0 Å². The van der Waals surface area contributed by atoms with Crippen LogP contribution in [0.25, 0.3) is 0 Å². The first kappa shape index (κ1) is 12.1. The van der Waals surface area contributed by atoms with E-state index in [0.717, 1.165) is 11.4 Å². The zero-order chi connectivity index (χ0) is 12.3. The zero-order valence-corrected chi connectivity index (χ0v) is 10.7. The van der Waals surface area contributed by atoms with Crippen LogP contribution in [0.3, 0.4) is 0 Å². The SMILES string of the molecule is Cc1cnc(CCNc2cn[nH]c(=O)c2Cl)s1. The third-order valence-corrected chi connectivity index (χ3v) is 3.47. The Balaban J connectivity index is 1.94. The van der Waals surface area contributed by atoms with Crippen LogP contribution in [0, 0.1) is 6.92 Å². The third-order valence-electron chi connectivity index (χ3n) is 2.12. The second-order valence-electron chi connectivity index (χ2n) is 3.47. The highest BCUT2D eigenvalue weighted by atomic mass is 35.5. The van der Waals surface area contributed by atoms with Crippen LogP contribution in [0.2, 0.25) is 5.02 Å². The zero-order valence-electron chi connectivity index (χ0n) is 9.16. The number of thiazole rings is 1. The molecule has 0 fully saturated rings. The Morgan fingerprint density at radius 3 is 3.06 bits per heavy atom. The molecule has 17 heavy (non-hydrogen) atoms. The van der Waals surface area contributed by atoms with Crippen molar-refractivity contribution in [2.75, 3.05) is 11.9 Å². The van der Waals surface area contributed by atoms with Crippen LogP contribution in [-0.2, 0) is 6.42 Å². The maximum absolute atomic E-state index is 11.2. The largest absolute Gasteiger partial charge is 0.382 e. The number of anilines is 1. The lowest BCUT2D eigenvalue weighted by Crippen LogP contribution is -2.13. The summed E-state index contributed by atoms with van der Waals surface area (Å²) < 4.78 is 0. The first-order chi connectivity index (χ1) is 8.16. The van der Waals surface area contributed by atoms with Gasteiger partial charge in [-0.05, 0) is 6.92 Å². The van der Waals surface area contributed by atoms with Crippen molar-refractivity contribution in [2.24, 2.45) is 0 Å². The van der Waals surface area contributed by atoms with Crippen LogP contribution in [0.1, 0.15) is 9.88 Å². The van der Waals surface area contributed by atoms with Crippen LogP contribution in [-0.4, -0.2) is 21.7 Å². The molecule has 0 radical (unpaired) electrons. The molecular weight excluding hydrogens is 260 g/mol. The topological polar surface area (TPSA) is 70.7 Å². The normalized spacial score (nSPS) is 10.5. The first-order valence-corrected chi connectivity index (χ1v) is 6.24. The van der Waals surface area contributed by atoms with Gasteiger partial charge in [0.05, 0.1) is 16.9 Å². The summed E-state index contributed by atoms with van der Waals surface area (Å²) in [5.74, 6) is 0. The highest BCUT2D eigenvalue weighted by Crippen LogP contribution is 2.15. The Morgan fingerprint density at radius 1 is 1.53 bits per heavy atom. The van der Waals surface area contributed by atoms with Crippen LogP contribution in [0.4, 0.5) is 5.69 Å². The second kappa shape index (κ2) is 5.29. The van der Waals surface area contributed by atoms with E-state index in [9.17, 15) is 4.79 Å². The van der Waals surface area contributed by atoms with Crippen molar-refractivity contribution < 1.29 is 0 Å². The maximum Gasteiger partial charge on any atom is 0.285 e. The van der Waals surface area contributed by atoms with Gasteiger partial charge in [-0.2, -0.15) is 5.10 Å². The number of aromatic nitrogens is 3. The summed E-state index contributed by atoms with van der Waals surface area (Å²) in [4.78, 5) is 16.6. The molecule has 2 rings (SSSR count). The van der Waals surface area contributed by atoms with Crippen LogP contribution >= 0.6 is 22.9 Å². The lowest BCUT2D eigenvalue weighted by molar-refractivity contribution is 0.962. The van der Waals surface area contributed by atoms with Crippen molar-refractivity contribution in [2.45, 2.75) is 13.3 Å². The van der Waals surface area contributed by atoms with E-state index >= 15 is 0 Å². The number of nitrogens with zero attached hydrogens (tertiary/aromatic N) is 2. The van der Waals surface area contributed by atoms with Gasteiger partial charge in [0.25, 0.3) is 5.56 Å². The smallest absolute Gasteiger partial charge is 0.285 e. The van der Waals surface area contributed by atoms with Gasteiger partial charge in [0.2, 0.25) is 0 Å². The van der Waals surface area contributed by atoms with E-state index in [1.165, 1.54) is 11.1 Å². The average molecular weight is 271 g/mol. The number of H-pyrrole nitrogens is 1. The first-order valence-electron chi connectivity index (χ1n) is 5.05. The molecule has 7 heteroatoms. The van der Waals surface area contributed by atoms with Gasteiger partial charge in [0.15, 0.2) is 0 Å². The summed E-state index contributed by atoms with van der Waals surface area (Å²) in [6.07, 6.45) is 4.14. The molecule has 0 saturated carbocycles. The van der Waals surface area contributed by atoms with Crippen molar-refractivity contribution in [1.29, 1.82) is 0 Å². The number of rotatable bonds is 4. The summed E-state index contributed by atoms with van der Waals surface area (Å²) in [6.45, 7) is 2.68. The Hall–Kier alpha value is -1.40. The Morgan fingerprint density at radius 2 is 2.35 bits per heavy atom. The van der Waals surface area contributed by atoms with Crippen LogP contribution in [0.15, 0.2) is 17.2 Å². The number of aromatic amines is 1. The number of nitrogens with one attached hydrogen (secondary N) is 2. The molecule has 0 aliphatic rings. The molecule has 2 N–H and O–H groups in total. The van der Waals surface area contributed by atoms with Crippen molar-refractivity contribution in [3.05, 3.63) is 37.7 Å². The molecule has 90 valence electrons. The molecule has 0 spiro atoms. The Labute approximate surface area is 107 Å². The number of hydrogen-bond acceptors (Lipinski definition) is 5. The van der Waals surface area contributed by atoms with Gasteiger partial charge in [-0.1, -0.05) is 11.6 Å². The Kier molecular flexibility index (Phi) is 3.75. The summed E-state index contributed by atoms with van der Waals surface area (Å²) in [5.41, 5.74) is 0.158. The quantitative estimate of drug-likeness (QED) is 0.889. The molecule has 0 aromatic carbocycles. The van der Waals surface area contributed by atoms with Gasteiger partial charge < -0.3 is 5.32 Å². The molecular formula is C10H11ClN4OS. The van der Waals surface area contributed by atoms with Gasteiger partial charge in [0.1, 0.15) is 5.02 Å². The van der Waals surface area contributed by atoms with E-state index < -0.39 is 0 Å². The summed E-state index contributed by atoms with van der Waals surface area (Å²) in [6, 6.07) is 0. The molecule has 0 atom stereocenters. The van der Waals surface area contributed by atoms with E-state index in [-0.39, 0.29) is 10.6 Å². The van der Waals surface area contributed by atoms with Crippen molar-refractivity contribution in [1.82, 2.24) is 15.2 Å². The van der Waals surface area contributed by atoms with Crippen molar-refractivity contribution >= 4 is 28.6 Å². The van der Waals surface area contributed by atoms with E-state index in [0.29, 0.717) is 12.2 Å². The van der Waals surface area contributed by atoms with Crippen molar-refractivity contribution in [3.8, 4) is 0 Å². The molecule has 5 nitrogen and oxygen atoms in total. The predicted octanol–water partition coefficient (Wildman–Crippen LogP) is 1.84. The monoisotopic (exact) mass is 270 g/mol. The third kappa shape index (κ3) is 3.04. The fourth-order valence-electron chi connectivity index (χ4n) is 1.33. The van der Waals surface area contributed by atoms with E-state index in [2.05, 4.69) is 20.5 Å². The molecule has 0 saturated heterocycles.